The van der Waals surface area contributed by atoms with E-state index in [4.69, 9.17) is 14.5 Å². The molecule has 0 bridgehead atoms. The zero-order chi connectivity index (χ0) is 28.4. The highest BCUT2D eigenvalue weighted by Gasteiger charge is 2.23. The summed E-state index contributed by atoms with van der Waals surface area (Å²) in [6.45, 7) is 8.90. The second-order valence-electron chi connectivity index (χ2n) is 9.82. The van der Waals surface area contributed by atoms with Crippen molar-refractivity contribution in [3.63, 3.8) is 0 Å². The standard InChI is InChI=1S/C29H33N7O4/c1-6-40-24-11-20-7-8-35-22(21(20)12-23(24)39-5)13-26(33-28-18(3)9-17(2)10-19(28)4)36(29(35)38)15-27(37)30-14-25-31-16-32-34-25/h9-13,16H,6-8,14-15H2,1-5H3,(H,30,37)(H,31,32,34). The lowest BCUT2D eigenvalue weighted by Crippen LogP contribution is -2.45. The van der Waals surface area contributed by atoms with Gasteiger partial charge in [-0.3, -0.25) is 19.0 Å². The van der Waals surface area contributed by atoms with Gasteiger partial charge in [-0.1, -0.05) is 17.7 Å². The van der Waals surface area contributed by atoms with Gasteiger partial charge in [0.15, 0.2) is 11.5 Å². The number of H-pyrrole nitrogens is 1. The average Bonchev–Trinajstić information content (AvgIpc) is 3.45. The zero-order valence-corrected chi connectivity index (χ0v) is 23.4. The molecule has 0 radical (unpaired) electrons. The molecule has 4 aromatic rings. The topological polar surface area (TPSA) is 128 Å². The molecule has 2 aromatic carbocycles. The Labute approximate surface area is 231 Å². The van der Waals surface area contributed by atoms with Crippen LogP contribution in [0.1, 0.15) is 35.0 Å². The highest BCUT2D eigenvalue weighted by molar-refractivity contribution is 5.76. The monoisotopic (exact) mass is 543 g/mol. The van der Waals surface area contributed by atoms with Crippen LogP contribution in [-0.4, -0.2) is 43.9 Å². The first-order valence-corrected chi connectivity index (χ1v) is 13.2. The van der Waals surface area contributed by atoms with Crippen molar-refractivity contribution in [1.29, 1.82) is 0 Å². The van der Waals surface area contributed by atoms with Gasteiger partial charge in [-0.05, 0) is 62.9 Å². The summed E-state index contributed by atoms with van der Waals surface area (Å²) in [5.74, 6) is 1.44. The van der Waals surface area contributed by atoms with E-state index in [-0.39, 0.29) is 24.7 Å². The first-order chi connectivity index (χ1) is 19.3. The van der Waals surface area contributed by atoms with E-state index < -0.39 is 0 Å². The van der Waals surface area contributed by atoms with Gasteiger partial charge in [0.05, 0.1) is 31.6 Å². The maximum Gasteiger partial charge on any atom is 0.330 e. The SMILES string of the molecule is CCOc1cc2c(cc1OC)-c1cc(=Nc3c(C)cc(C)cc3C)n(CC(=O)NCc3ncn[nH]3)c(=O)n1CC2. The zero-order valence-electron chi connectivity index (χ0n) is 23.4. The summed E-state index contributed by atoms with van der Waals surface area (Å²) in [5.41, 5.74) is 6.59. The Hall–Kier alpha value is -4.67. The van der Waals surface area contributed by atoms with Gasteiger partial charge in [0, 0.05) is 18.2 Å². The molecule has 208 valence electrons. The number of carbonyl (C=O) groups excluding carboxylic acids is 1. The number of aromatic nitrogens is 5. The van der Waals surface area contributed by atoms with Gasteiger partial charge in [0.25, 0.3) is 0 Å². The van der Waals surface area contributed by atoms with Gasteiger partial charge in [-0.15, -0.1) is 0 Å². The number of aryl methyl sites for hydroxylation is 4. The van der Waals surface area contributed by atoms with E-state index in [1.807, 2.05) is 45.9 Å². The van der Waals surface area contributed by atoms with Crippen molar-refractivity contribution in [2.45, 2.75) is 53.8 Å². The van der Waals surface area contributed by atoms with Crippen molar-refractivity contribution in [2.75, 3.05) is 13.7 Å². The number of hydrogen-bond donors (Lipinski definition) is 2. The lowest BCUT2D eigenvalue weighted by molar-refractivity contribution is -0.122. The summed E-state index contributed by atoms with van der Waals surface area (Å²) in [6, 6.07) is 9.88. The lowest BCUT2D eigenvalue weighted by atomic mass is 9.97. The number of ether oxygens (including phenoxy) is 2. The van der Waals surface area contributed by atoms with Crippen LogP contribution < -0.4 is 26.0 Å². The highest BCUT2D eigenvalue weighted by atomic mass is 16.5. The fourth-order valence-corrected chi connectivity index (χ4v) is 5.17. The Morgan fingerprint density at radius 3 is 2.58 bits per heavy atom. The molecular weight excluding hydrogens is 510 g/mol. The van der Waals surface area contributed by atoms with Gasteiger partial charge >= 0.3 is 5.69 Å². The van der Waals surface area contributed by atoms with E-state index >= 15 is 0 Å². The molecule has 0 fully saturated rings. The van der Waals surface area contributed by atoms with Crippen LogP contribution in [0.15, 0.2) is 46.4 Å². The van der Waals surface area contributed by atoms with E-state index in [1.165, 1.54) is 10.9 Å². The van der Waals surface area contributed by atoms with Crippen molar-refractivity contribution in [2.24, 2.45) is 4.99 Å². The number of methoxy groups -OCH3 is 1. The maximum atomic E-state index is 14.0. The summed E-state index contributed by atoms with van der Waals surface area (Å²) < 4.78 is 14.5. The van der Waals surface area contributed by atoms with Crippen LogP contribution in [0, 0.1) is 20.8 Å². The Morgan fingerprint density at radius 2 is 1.90 bits per heavy atom. The molecule has 0 saturated carbocycles. The number of benzene rings is 2. The highest BCUT2D eigenvalue weighted by Crippen LogP contribution is 2.37. The Kier molecular flexibility index (Phi) is 7.54. The number of nitrogens with one attached hydrogen (secondary N) is 2. The number of hydrogen-bond acceptors (Lipinski definition) is 7. The summed E-state index contributed by atoms with van der Waals surface area (Å²) in [5, 5.41) is 9.31. The number of rotatable bonds is 8. The van der Waals surface area contributed by atoms with E-state index in [1.54, 1.807) is 11.7 Å². The average molecular weight is 544 g/mol. The second-order valence-corrected chi connectivity index (χ2v) is 9.82. The third-order valence-corrected chi connectivity index (χ3v) is 6.95. The van der Waals surface area contributed by atoms with Gasteiger partial charge in [0.1, 0.15) is 24.2 Å². The summed E-state index contributed by atoms with van der Waals surface area (Å²) in [7, 11) is 1.60. The molecule has 2 N–H and O–H groups in total. The Morgan fingerprint density at radius 1 is 1.12 bits per heavy atom. The van der Waals surface area contributed by atoms with Crippen molar-refractivity contribution in [1.82, 2.24) is 29.6 Å². The summed E-state index contributed by atoms with van der Waals surface area (Å²) in [4.78, 5) is 35.9. The fraction of sp³-hybridized carbons (Fsp3) is 0.345. The lowest BCUT2D eigenvalue weighted by Gasteiger charge is -2.25. The van der Waals surface area contributed by atoms with Crippen LogP contribution in [0.2, 0.25) is 0 Å². The Balaban J connectivity index is 1.67. The predicted molar refractivity (Wildman–Crippen MR) is 150 cm³/mol. The van der Waals surface area contributed by atoms with E-state index in [0.717, 1.165) is 33.5 Å². The third-order valence-electron chi connectivity index (χ3n) is 6.95. The molecule has 3 heterocycles. The molecule has 40 heavy (non-hydrogen) atoms. The molecule has 11 heteroatoms. The third kappa shape index (κ3) is 5.27. The van der Waals surface area contributed by atoms with Crippen LogP contribution in [0.3, 0.4) is 0 Å². The van der Waals surface area contributed by atoms with Crippen LogP contribution in [0.4, 0.5) is 5.69 Å². The molecule has 2 aromatic heterocycles. The minimum atomic E-state index is -0.341. The smallest absolute Gasteiger partial charge is 0.330 e. The van der Waals surface area contributed by atoms with Crippen LogP contribution in [0.25, 0.3) is 11.3 Å². The van der Waals surface area contributed by atoms with Crippen LogP contribution in [-0.2, 0) is 30.8 Å². The molecule has 11 nitrogen and oxygen atoms in total. The predicted octanol–water partition coefficient (Wildman–Crippen LogP) is 2.87. The number of amides is 1. The molecule has 1 aliphatic rings. The minimum Gasteiger partial charge on any atom is -0.493 e. The molecule has 1 aliphatic heterocycles. The van der Waals surface area contributed by atoms with E-state index in [2.05, 4.69) is 32.6 Å². The van der Waals surface area contributed by atoms with Crippen molar-refractivity contribution >= 4 is 11.6 Å². The van der Waals surface area contributed by atoms with E-state index in [0.29, 0.717) is 48.1 Å². The van der Waals surface area contributed by atoms with Crippen molar-refractivity contribution in [3.05, 3.63) is 80.7 Å². The summed E-state index contributed by atoms with van der Waals surface area (Å²) >= 11 is 0. The molecule has 1 amide bonds. The largest absolute Gasteiger partial charge is 0.493 e. The van der Waals surface area contributed by atoms with Gasteiger partial charge in [-0.2, -0.15) is 5.10 Å². The molecule has 0 atom stereocenters. The number of nitrogens with zero attached hydrogens (tertiary/aromatic N) is 5. The molecule has 0 spiro atoms. The maximum absolute atomic E-state index is 14.0. The number of fused-ring (bicyclic) bond motifs is 3. The second kappa shape index (κ2) is 11.2. The first-order valence-electron chi connectivity index (χ1n) is 13.2. The van der Waals surface area contributed by atoms with Crippen LogP contribution >= 0.6 is 0 Å². The van der Waals surface area contributed by atoms with Gasteiger partial charge in [0.2, 0.25) is 5.91 Å². The number of aromatic amines is 1. The summed E-state index contributed by atoms with van der Waals surface area (Å²) in [6.07, 6.45) is 2.01. The van der Waals surface area contributed by atoms with Crippen molar-refractivity contribution < 1.29 is 14.3 Å². The van der Waals surface area contributed by atoms with Crippen molar-refractivity contribution in [3.8, 4) is 22.8 Å². The van der Waals surface area contributed by atoms with Gasteiger partial charge < -0.3 is 14.8 Å². The normalized spacial score (nSPS) is 12.6. The number of carbonyl (C=O) groups is 1. The molecule has 5 rings (SSSR count). The fourth-order valence-electron chi connectivity index (χ4n) is 5.17. The first kappa shape index (κ1) is 26.9. The van der Waals surface area contributed by atoms with Gasteiger partial charge in [-0.25, -0.2) is 14.8 Å². The molecule has 0 aliphatic carbocycles. The van der Waals surface area contributed by atoms with Crippen LogP contribution in [0.5, 0.6) is 11.5 Å². The minimum absolute atomic E-state index is 0.170. The molecule has 0 saturated heterocycles. The Bertz CT molecular complexity index is 1680. The molecule has 0 unspecified atom stereocenters. The quantitative estimate of drug-likeness (QED) is 0.352. The van der Waals surface area contributed by atoms with E-state index in [9.17, 15) is 9.59 Å². The molecular formula is C29H33N7O4.